The van der Waals surface area contributed by atoms with Gasteiger partial charge in [-0.2, -0.15) is 0 Å². The van der Waals surface area contributed by atoms with Crippen LogP contribution in [-0.4, -0.2) is 58.5 Å². The summed E-state index contributed by atoms with van der Waals surface area (Å²) < 4.78 is 0. The van der Waals surface area contributed by atoms with Crippen LogP contribution in [0.1, 0.15) is 88.0 Å². The van der Waals surface area contributed by atoms with Crippen molar-refractivity contribution in [3.05, 3.63) is 30.0 Å². The van der Waals surface area contributed by atoms with E-state index >= 15 is 0 Å². The van der Waals surface area contributed by atoms with Crippen LogP contribution in [0.15, 0.2) is 24.3 Å². The maximum atomic E-state index is 13.2. The molecule has 1 saturated carbocycles. The third-order valence-corrected chi connectivity index (χ3v) is 9.25. The molecule has 4 atom stereocenters. The lowest BCUT2D eigenvalue weighted by Crippen LogP contribution is -2.52. The van der Waals surface area contributed by atoms with E-state index in [0.717, 1.165) is 54.6 Å². The quantitative estimate of drug-likeness (QED) is 0.646. The smallest absolute Gasteiger partial charge is 0.270 e. The number of nitrogens with zero attached hydrogens (tertiary/aromatic N) is 4. The predicted octanol–water partition coefficient (Wildman–Crippen LogP) is 5.17. The monoisotopic (exact) mass is 475 g/mol. The van der Waals surface area contributed by atoms with Gasteiger partial charge in [0.2, 0.25) is 0 Å². The second-order valence-corrected chi connectivity index (χ2v) is 11.7. The molecule has 0 aromatic carbocycles. The Bertz CT molecular complexity index is 1040. The Kier molecular flexibility index (Phi) is 6.66. The lowest BCUT2D eigenvalue weighted by molar-refractivity contribution is 0.0763. The highest BCUT2D eigenvalue weighted by atomic mass is 16.1. The number of hydrogen-bond donors (Lipinski definition) is 1. The number of nitrogens with one attached hydrogen (secondary N) is 1. The zero-order valence-electron chi connectivity index (χ0n) is 21.3. The third-order valence-electron chi connectivity index (χ3n) is 9.25. The van der Waals surface area contributed by atoms with Gasteiger partial charge in [-0.1, -0.05) is 32.6 Å². The summed E-state index contributed by atoms with van der Waals surface area (Å²) in [6, 6.07) is 9.41. The van der Waals surface area contributed by atoms with Gasteiger partial charge in [-0.25, -0.2) is 9.97 Å². The van der Waals surface area contributed by atoms with Gasteiger partial charge in [0.15, 0.2) is 0 Å². The Morgan fingerprint density at radius 2 is 1.66 bits per heavy atom. The summed E-state index contributed by atoms with van der Waals surface area (Å²) in [7, 11) is 0. The van der Waals surface area contributed by atoms with Gasteiger partial charge in [0, 0.05) is 37.8 Å². The van der Waals surface area contributed by atoms with Crippen LogP contribution < -0.4 is 10.2 Å². The minimum Gasteiger partial charge on any atom is -0.357 e. The number of anilines is 1. The number of piperidine rings is 1. The Hall–Kier alpha value is -2.21. The van der Waals surface area contributed by atoms with E-state index in [-0.39, 0.29) is 11.9 Å². The highest BCUT2D eigenvalue weighted by Gasteiger charge is 2.45. The van der Waals surface area contributed by atoms with Crippen molar-refractivity contribution < 1.29 is 4.79 Å². The minimum atomic E-state index is -0.0372. The van der Waals surface area contributed by atoms with E-state index in [1.54, 1.807) is 0 Å². The maximum absolute atomic E-state index is 13.2. The van der Waals surface area contributed by atoms with Crippen LogP contribution in [0, 0.1) is 11.8 Å². The van der Waals surface area contributed by atoms with Gasteiger partial charge in [-0.15, -0.1) is 0 Å². The van der Waals surface area contributed by atoms with E-state index in [4.69, 9.17) is 9.97 Å². The molecule has 0 unspecified atom stereocenters. The molecule has 1 amide bonds. The predicted molar refractivity (Wildman–Crippen MR) is 141 cm³/mol. The highest BCUT2D eigenvalue weighted by molar-refractivity contribution is 5.94. The zero-order valence-corrected chi connectivity index (χ0v) is 21.3. The topological polar surface area (TPSA) is 61.4 Å². The van der Waals surface area contributed by atoms with Crippen molar-refractivity contribution in [3.63, 3.8) is 0 Å². The molecule has 4 fully saturated rings. The molecule has 3 aliphatic heterocycles. The first-order valence-corrected chi connectivity index (χ1v) is 14.2. The fourth-order valence-electron chi connectivity index (χ4n) is 7.39. The molecule has 4 aliphatic rings. The van der Waals surface area contributed by atoms with Crippen molar-refractivity contribution in [1.82, 2.24) is 20.2 Å². The molecular weight excluding hydrogens is 434 g/mol. The van der Waals surface area contributed by atoms with Crippen LogP contribution in [0.3, 0.4) is 0 Å². The van der Waals surface area contributed by atoms with Crippen LogP contribution in [0.5, 0.6) is 0 Å². The van der Waals surface area contributed by atoms with Crippen molar-refractivity contribution in [1.29, 1.82) is 0 Å². The summed E-state index contributed by atoms with van der Waals surface area (Å²) in [5.74, 6) is 2.62. The number of fused-ring (bicyclic) bond motifs is 3. The molecule has 1 aliphatic carbocycles. The number of carbonyl (C=O) groups is 1. The van der Waals surface area contributed by atoms with Crippen molar-refractivity contribution in [3.8, 4) is 0 Å². The second kappa shape index (κ2) is 10.0. The molecule has 5 heterocycles. The first-order valence-electron chi connectivity index (χ1n) is 14.2. The molecular formula is C29H41N5O. The van der Waals surface area contributed by atoms with Crippen molar-refractivity contribution in [2.75, 3.05) is 24.5 Å². The molecule has 2 aromatic heterocycles. The average Bonchev–Trinajstić information content (AvgIpc) is 3.30. The van der Waals surface area contributed by atoms with Gasteiger partial charge in [-0.05, 0) is 81.0 Å². The SMILES string of the molecule is C[C@H]1C[C@H]2C[C@H](NC(=O)c3ccc4nc(N5CCCCCC5)ccc4n3)C[C@H]1N2CC1CCCC1. The lowest BCUT2D eigenvalue weighted by atomic mass is 9.93. The molecule has 0 spiro atoms. The molecule has 6 nitrogen and oxygen atoms in total. The summed E-state index contributed by atoms with van der Waals surface area (Å²) in [4.78, 5) is 27.9. The van der Waals surface area contributed by atoms with Gasteiger partial charge >= 0.3 is 0 Å². The van der Waals surface area contributed by atoms with Crippen LogP contribution in [-0.2, 0) is 0 Å². The number of pyridine rings is 2. The molecule has 0 radical (unpaired) electrons. The largest absolute Gasteiger partial charge is 0.357 e. The second-order valence-electron chi connectivity index (χ2n) is 11.7. The van der Waals surface area contributed by atoms with Crippen LogP contribution in [0.2, 0.25) is 0 Å². The average molecular weight is 476 g/mol. The Morgan fingerprint density at radius 3 is 2.43 bits per heavy atom. The molecule has 1 N–H and O–H groups in total. The molecule has 2 aromatic rings. The van der Waals surface area contributed by atoms with E-state index in [9.17, 15) is 4.79 Å². The first kappa shape index (κ1) is 23.2. The van der Waals surface area contributed by atoms with E-state index in [1.165, 1.54) is 64.3 Å². The number of aromatic nitrogens is 2. The summed E-state index contributed by atoms with van der Waals surface area (Å²) in [6.45, 7) is 5.84. The van der Waals surface area contributed by atoms with Gasteiger partial charge < -0.3 is 10.2 Å². The third kappa shape index (κ3) is 4.91. The van der Waals surface area contributed by atoms with Gasteiger partial charge in [0.1, 0.15) is 11.5 Å². The number of amides is 1. The molecule has 3 saturated heterocycles. The molecule has 188 valence electrons. The van der Waals surface area contributed by atoms with Crippen LogP contribution in [0.4, 0.5) is 5.82 Å². The van der Waals surface area contributed by atoms with Gasteiger partial charge in [-0.3, -0.25) is 9.69 Å². The molecule has 6 heteroatoms. The van der Waals surface area contributed by atoms with E-state index < -0.39 is 0 Å². The standard InChI is InChI=1S/C29H41N5O/c1-20-16-23-17-22(18-27(20)34(23)19-21-8-4-5-9-21)30-29(35)26-11-10-25-24(31-26)12-13-28(32-25)33-14-6-2-3-7-15-33/h10-13,20-23,27H,2-9,14-19H2,1H3,(H,30,35)/t20-,22-,23-,27+/m0/s1. The fourth-order valence-corrected chi connectivity index (χ4v) is 7.39. The van der Waals surface area contributed by atoms with Crippen LogP contribution >= 0.6 is 0 Å². The Labute approximate surface area is 209 Å². The first-order chi connectivity index (χ1) is 17.1. The van der Waals surface area contributed by atoms with Crippen molar-refractivity contribution >= 4 is 22.8 Å². The minimum absolute atomic E-state index is 0.0372. The van der Waals surface area contributed by atoms with Gasteiger partial charge in [0.25, 0.3) is 5.91 Å². The Morgan fingerprint density at radius 1 is 0.914 bits per heavy atom. The number of rotatable bonds is 5. The van der Waals surface area contributed by atoms with Crippen molar-refractivity contribution in [2.24, 2.45) is 11.8 Å². The summed E-state index contributed by atoms with van der Waals surface area (Å²) in [5, 5.41) is 3.35. The molecule has 35 heavy (non-hydrogen) atoms. The number of hydrogen-bond acceptors (Lipinski definition) is 5. The maximum Gasteiger partial charge on any atom is 0.270 e. The van der Waals surface area contributed by atoms with Crippen molar-refractivity contribution in [2.45, 2.75) is 95.7 Å². The molecule has 2 bridgehead atoms. The van der Waals surface area contributed by atoms with E-state index in [2.05, 4.69) is 28.1 Å². The van der Waals surface area contributed by atoms with E-state index in [1.807, 2.05) is 18.2 Å². The summed E-state index contributed by atoms with van der Waals surface area (Å²) in [5.41, 5.74) is 2.18. The summed E-state index contributed by atoms with van der Waals surface area (Å²) >= 11 is 0. The molecule has 6 rings (SSSR count). The normalized spacial score (nSPS) is 30.0. The zero-order chi connectivity index (χ0) is 23.8. The van der Waals surface area contributed by atoms with Gasteiger partial charge in [0.05, 0.1) is 11.0 Å². The Balaban J connectivity index is 1.11. The summed E-state index contributed by atoms with van der Waals surface area (Å²) in [6.07, 6.45) is 14.2. The number of carbonyl (C=O) groups excluding carboxylic acids is 1. The lowest BCUT2D eigenvalue weighted by Gasteiger charge is -2.41. The van der Waals surface area contributed by atoms with Crippen LogP contribution in [0.25, 0.3) is 11.0 Å². The fraction of sp³-hybridized carbons (Fsp3) is 0.690. The van der Waals surface area contributed by atoms with E-state index in [0.29, 0.717) is 17.8 Å². The highest BCUT2D eigenvalue weighted by Crippen LogP contribution is 2.41.